The van der Waals surface area contributed by atoms with Crippen LogP contribution in [0.25, 0.3) is 0 Å². The Bertz CT molecular complexity index is 484. The van der Waals surface area contributed by atoms with Crippen LogP contribution in [0.3, 0.4) is 0 Å². The SMILES string of the molecule is CCC[CH2][Sn](/[CH]=C/C=C/C(=O)[O][Sn]([CH2]CCC)([CH2]CCC)[CH2]CCC)([CH2]CCC)[CH2]CCC. The van der Waals surface area contributed by atoms with Crippen molar-refractivity contribution in [2.24, 2.45) is 0 Å². The molecule has 0 aromatic heterocycles. The third-order valence-corrected chi connectivity index (χ3v) is 33.9. The van der Waals surface area contributed by atoms with Crippen molar-refractivity contribution in [2.45, 2.75) is 145 Å². The molecule has 0 aromatic rings. The van der Waals surface area contributed by atoms with Crippen LogP contribution in [-0.4, -0.2) is 43.1 Å². The van der Waals surface area contributed by atoms with E-state index in [9.17, 15) is 4.79 Å². The fourth-order valence-corrected chi connectivity index (χ4v) is 32.0. The first-order valence-corrected chi connectivity index (χ1v) is 29.5. The summed E-state index contributed by atoms with van der Waals surface area (Å²) in [5.41, 5.74) is 0. The molecule has 0 radical (unpaired) electrons. The second-order valence-electron chi connectivity index (χ2n) is 10.3. The van der Waals surface area contributed by atoms with Crippen LogP contribution in [0.1, 0.15) is 119 Å². The van der Waals surface area contributed by atoms with Gasteiger partial charge in [0, 0.05) is 0 Å². The molecule has 0 aliphatic heterocycles. The van der Waals surface area contributed by atoms with Crippen molar-refractivity contribution in [3.8, 4) is 0 Å². The molecule has 4 heteroatoms. The van der Waals surface area contributed by atoms with Crippen molar-refractivity contribution in [1.82, 2.24) is 0 Å². The summed E-state index contributed by atoms with van der Waals surface area (Å²) in [5.74, 6) is -0.0461. The van der Waals surface area contributed by atoms with Crippen molar-refractivity contribution in [3.05, 3.63) is 22.3 Å². The van der Waals surface area contributed by atoms with Gasteiger partial charge in [-0.25, -0.2) is 0 Å². The summed E-state index contributed by atoms with van der Waals surface area (Å²) in [5, 5.41) is 0. The molecule has 0 saturated carbocycles. The third kappa shape index (κ3) is 16.0. The fraction of sp³-hybridized carbons (Fsp3) is 0.828. The Labute approximate surface area is 217 Å². The molecule has 0 aliphatic carbocycles. The van der Waals surface area contributed by atoms with E-state index in [4.69, 9.17) is 3.07 Å². The quantitative estimate of drug-likeness (QED) is 0.0649. The molecule has 0 unspecified atom stereocenters. The van der Waals surface area contributed by atoms with Gasteiger partial charge < -0.3 is 0 Å². The average Bonchev–Trinajstić information content (AvgIpc) is 2.83. The standard InChI is InChI=1S/C5H5O2.6C4H9.2Sn/c1-2-3-4-5(6)7;6*1-3-4-2;;/h1-4H,(H,6,7);6*1,3-4H2,2H3;;/q;;;;;;;;+1/p-1/b2-1?,4-3+;;;;;;;;. The molecular formula is C29H58O2Sn2. The molecule has 33 heavy (non-hydrogen) atoms. The van der Waals surface area contributed by atoms with Gasteiger partial charge in [-0.1, -0.05) is 0 Å². The van der Waals surface area contributed by atoms with Gasteiger partial charge in [0.15, 0.2) is 0 Å². The van der Waals surface area contributed by atoms with Gasteiger partial charge in [0.2, 0.25) is 0 Å². The van der Waals surface area contributed by atoms with Gasteiger partial charge >= 0.3 is 219 Å². The van der Waals surface area contributed by atoms with E-state index in [1.807, 2.05) is 6.08 Å². The monoisotopic (exact) mass is 678 g/mol. The van der Waals surface area contributed by atoms with Crippen molar-refractivity contribution >= 4 is 43.1 Å². The van der Waals surface area contributed by atoms with Gasteiger partial charge in [-0.2, -0.15) is 0 Å². The Morgan fingerprint density at radius 1 is 0.576 bits per heavy atom. The Balaban J connectivity index is 5.39. The second-order valence-corrected chi connectivity index (χ2v) is 34.9. The second kappa shape index (κ2) is 21.8. The van der Waals surface area contributed by atoms with E-state index < -0.39 is 37.2 Å². The first kappa shape index (κ1) is 33.5. The van der Waals surface area contributed by atoms with Gasteiger partial charge in [0.25, 0.3) is 0 Å². The number of allylic oxidation sites excluding steroid dienone is 2. The van der Waals surface area contributed by atoms with E-state index in [2.05, 4.69) is 51.7 Å². The number of rotatable bonds is 22. The van der Waals surface area contributed by atoms with Crippen LogP contribution < -0.4 is 0 Å². The normalized spacial score (nSPS) is 12.8. The molecule has 0 amide bonds. The topological polar surface area (TPSA) is 26.3 Å². The van der Waals surface area contributed by atoms with Crippen LogP contribution in [0.4, 0.5) is 0 Å². The van der Waals surface area contributed by atoms with E-state index in [1.165, 1.54) is 104 Å². The van der Waals surface area contributed by atoms with E-state index in [1.54, 1.807) is 6.08 Å². The minimum absolute atomic E-state index is 0.0461. The molecular weight excluding hydrogens is 618 g/mol. The molecule has 194 valence electrons. The molecule has 0 saturated heterocycles. The summed E-state index contributed by atoms with van der Waals surface area (Å²) in [6.45, 7) is 13.8. The van der Waals surface area contributed by atoms with E-state index in [-0.39, 0.29) is 5.97 Å². The minimum atomic E-state index is -2.86. The summed E-state index contributed by atoms with van der Waals surface area (Å²) >= 11 is -5.13. The summed E-state index contributed by atoms with van der Waals surface area (Å²) in [7, 11) is 0. The average molecular weight is 676 g/mol. The van der Waals surface area contributed by atoms with Crippen LogP contribution in [0.15, 0.2) is 22.3 Å². The Morgan fingerprint density at radius 2 is 0.939 bits per heavy atom. The predicted molar refractivity (Wildman–Crippen MR) is 154 cm³/mol. The molecule has 0 spiro atoms. The Kier molecular flexibility index (Phi) is 22.2. The Morgan fingerprint density at radius 3 is 1.30 bits per heavy atom. The molecule has 2 nitrogen and oxygen atoms in total. The van der Waals surface area contributed by atoms with Gasteiger partial charge in [-0.15, -0.1) is 0 Å². The van der Waals surface area contributed by atoms with Crippen LogP contribution in [-0.2, 0) is 7.87 Å². The molecule has 0 rings (SSSR count). The van der Waals surface area contributed by atoms with Crippen LogP contribution in [0.2, 0.25) is 26.6 Å². The van der Waals surface area contributed by atoms with Crippen LogP contribution in [0, 0.1) is 0 Å². The zero-order valence-electron chi connectivity index (χ0n) is 23.4. The number of hydrogen-bond donors (Lipinski definition) is 0. The molecule has 0 N–H and O–H groups in total. The van der Waals surface area contributed by atoms with Crippen molar-refractivity contribution in [2.75, 3.05) is 0 Å². The van der Waals surface area contributed by atoms with Gasteiger partial charge in [-0.05, 0) is 0 Å². The summed E-state index contributed by atoms with van der Waals surface area (Å²) in [6.07, 6.45) is 21.3. The Hall–Kier alpha value is 0.547. The zero-order chi connectivity index (χ0) is 24.8. The van der Waals surface area contributed by atoms with Crippen molar-refractivity contribution in [1.29, 1.82) is 0 Å². The maximum absolute atomic E-state index is 12.9. The van der Waals surface area contributed by atoms with E-state index >= 15 is 0 Å². The first-order chi connectivity index (χ1) is 16.0. The first-order valence-electron chi connectivity index (χ1n) is 14.6. The molecule has 0 atom stereocenters. The zero-order valence-corrected chi connectivity index (χ0v) is 29.1. The number of carbonyl (C=O) groups is 1. The van der Waals surface area contributed by atoms with Gasteiger partial charge in [0.05, 0.1) is 0 Å². The summed E-state index contributed by atoms with van der Waals surface area (Å²) < 4.78 is 17.1. The van der Waals surface area contributed by atoms with Crippen LogP contribution >= 0.6 is 0 Å². The van der Waals surface area contributed by atoms with E-state index in [0.717, 1.165) is 0 Å². The van der Waals surface area contributed by atoms with Crippen molar-refractivity contribution in [3.63, 3.8) is 0 Å². The molecule has 0 fully saturated rings. The number of hydrogen-bond acceptors (Lipinski definition) is 2. The fourth-order valence-electron chi connectivity index (χ4n) is 4.88. The third-order valence-electron chi connectivity index (χ3n) is 7.15. The molecule has 0 bridgehead atoms. The van der Waals surface area contributed by atoms with Gasteiger partial charge in [0.1, 0.15) is 0 Å². The predicted octanol–water partition coefficient (Wildman–Crippen LogP) is 10.4. The van der Waals surface area contributed by atoms with Crippen molar-refractivity contribution < 1.29 is 7.87 Å². The molecule has 0 aromatic carbocycles. The molecule has 0 aliphatic rings. The maximum atomic E-state index is 12.9. The number of unbranched alkanes of at least 4 members (excludes halogenated alkanes) is 6. The van der Waals surface area contributed by atoms with Crippen LogP contribution in [0.5, 0.6) is 0 Å². The van der Waals surface area contributed by atoms with Gasteiger partial charge in [-0.3, -0.25) is 0 Å². The summed E-state index contributed by atoms with van der Waals surface area (Å²) in [6, 6.07) is 0. The number of carbonyl (C=O) groups excluding carboxylic acids is 1. The van der Waals surface area contributed by atoms with E-state index in [0.29, 0.717) is 0 Å². The summed E-state index contributed by atoms with van der Waals surface area (Å²) in [4.78, 5) is 12.9. The molecule has 0 heterocycles.